The molecular formula is C11H17BrN4S. The molecule has 0 amide bonds. The van der Waals surface area contributed by atoms with Crippen molar-refractivity contribution in [2.45, 2.75) is 38.3 Å². The van der Waals surface area contributed by atoms with Gasteiger partial charge in [0.15, 0.2) is 0 Å². The second-order valence-electron chi connectivity index (χ2n) is 4.14. The van der Waals surface area contributed by atoms with E-state index in [0.29, 0.717) is 18.5 Å². The zero-order valence-corrected chi connectivity index (χ0v) is 12.0. The topological polar surface area (TPSA) is 62.4 Å². The lowest BCUT2D eigenvalue weighted by Crippen LogP contribution is -2.45. The molecule has 4 nitrogen and oxygen atoms in total. The zero-order valence-electron chi connectivity index (χ0n) is 9.58. The molecule has 2 rings (SSSR count). The van der Waals surface area contributed by atoms with Crippen molar-refractivity contribution in [1.29, 1.82) is 0 Å². The highest BCUT2D eigenvalue weighted by Gasteiger charge is 2.15. The van der Waals surface area contributed by atoms with Crippen molar-refractivity contribution in [3.05, 3.63) is 20.8 Å². The first kappa shape index (κ1) is 12.9. The highest BCUT2D eigenvalue weighted by Crippen LogP contribution is 2.22. The molecule has 17 heavy (non-hydrogen) atoms. The van der Waals surface area contributed by atoms with Crippen LogP contribution in [-0.4, -0.2) is 12.0 Å². The summed E-state index contributed by atoms with van der Waals surface area (Å²) in [4.78, 5) is 5.67. The second-order valence-corrected chi connectivity index (χ2v) is 6.69. The maximum atomic E-state index is 5.47. The Balaban J connectivity index is 1.88. The number of hydrazine groups is 1. The molecular weight excluding hydrogens is 300 g/mol. The molecule has 1 aliphatic carbocycles. The molecule has 1 heterocycles. The molecule has 0 atom stereocenters. The van der Waals surface area contributed by atoms with Gasteiger partial charge in [0.2, 0.25) is 5.96 Å². The smallest absolute Gasteiger partial charge is 0.206 e. The summed E-state index contributed by atoms with van der Waals surface area (Å²) in [6.45, 7) is 0.662. The SMILES string of the molecule is NNC(=NCc1ccc(Br)s1)NC1CCCC1. The van der Waals surface area contributed by atoms with Gasteiger partial charge in [0.1, 0.15) is 0 Å². The third kappa shape index (κ3) is 3.97. The van der Waals surface area contributed by atoms with Crippen LogP contribution in [-0.2, 0) is 6.54 Å². The van der Waals surface area contributed by atoms with E-state index in [1.165, 1.54) is 30.6 Å². The summed E-state index contributed by atoms with van der Waals surface area (Å²) in [6, 6.07) is 4.64. The minimum atomic E-state index is 0.528. The average Bonchev–Trinajstić information content (AvgIpc) is 2.96. The molecule has 0 aromatic carbocycles. The van der Waals surface area contributed by atoms with Gasteiger partial charge in [-0.1, -0.05) is 12.8 Å². The minimum Gasteiger partial charge on any atom is -0.353 e. The van der Waals surface area contributed by atoms with E-state index in [-0.39, 0.29) is 0 Å². The number of rotatable bonds is 3. The van der Waals surface area contributed by atoms with Crippen LogP contribution in [0, 0.1) is 0 Å². The van der Waals surface area contributed by atoms with Crippen molar-refractivity contribution in [2.24, 2.45) is 10.8 Å². The molecule has 6 heteroatoms. The summed E-state index contributed by atoms with van der Waals surface area (Å²) in [5, 5.41) is 3.35. The van der Waals surface area contributed by atoms with Crippen molar-refractivity contribution >= 4 is 33.2 Å². The fraction of sp³-hybridized carbons (Fsp3) is 0.545. The van der Waals surface area contributed by atoms with Crippen LogP contribution < -0.4 is 16.6 Å². The number of nitrogens with one attached hydrogen (secondary N) is 2. The number of hydrogen-bond acceptors (Lipinski definition) is 3. The van der Waals surface area contributed by atoms with Gasteiger partial charge in [-0.25, -0.2) is 10.8 Å². The van der Waals surface area contributed by atoms with E-state index < -0.39 is 0 Å². The van der Waals surface area contributed by atoms with Gasteiger partial charge in [-0.3, -0.25) is 5.43 Å². The van der Waals surface area contributed by atoms with Crippen LogP contribution in [0.1, 0.15) is 30.6 Å². The summed E-state index contributed by atoms with van der Waals surface area (Å²) in [5.41, 5.74) is 2.64. The molecule has 1 fully saturated rings. The van der Waals surface area contributed by atoms with Gasteiger partial charge in [0.05, 0.1) is 10.3 Å². The van der Waals surface area contributed by atoms with E-state index in [1.54, 1.807) is 11.3 Å². The Morgan fingerprint density at radius 3 is 2.82 bits per heavy atom. The maximum absolute atomic E-state index is 5.47. The van der Waals surface area contributed by atoms with Gasteiger partial charge in [-0.2, -0.15) is 0 Å². The highest BCUT2D eigenvalue weighted by molar-refractivity contribution is 9.11. The standard InChI is InChI=1S/C11H17BrN4S/c12-10-6-5-9(17-10)7-14-11(16-13)15-8-3-1-2-4-8/h5-6,8H,1-4,7,13H2,(H2,14,15,16). The Labute approximate surface area is 114 Å². The second kappa shape index (κ2) is 6.37. The van der Waals surface area contributed by atoms with E-state index in [2.05, 4.69) is 37.7 Å². The predicted octanol–water partition coefficient (Wildman–Crippen LogP) is 2.36. The molecule has 0 radical (unpaired) electrons. The molecule has 1 aromatic heterocycles. The van der Waals surface area contributed by atoms with Crippen molar-refractivity contribution in [3.8, 4) is 0 Å². The average molecular weight is 317 g/mol. The van der Waals surface area contributed by atoms with E-state index in [1.807, 2.05) is 6.07 Å². The molecule has 0 bridgehead atoms. The van der Waals surface area contributed by atoms with Crippen LogP contribution in [0.2, 0.25) is 0 Å². The number of aliphatic imine (C=N–C) groups is 1. The Hall–Kier alpha value is -0.590. The largest absolute Gasteiger partial charge is 0.353 e. The zero-order chi connectivity index (χ0) is 12.1. The lowest BCUT2D eigenvalue weighted by molar-refractivity contribution is 0.614. The lowest BCUT2D eigenvalue weighted by Gasteiger charge is -2.14. The summed E-state index contributed by atoms with van der Waals surface area (Å²) < 4.78 is 1.13. The molecule has 0 saturated heterocycles. The van der Waals surface area contributed by atoms with Crippen LogP contribution in [0.15, 0.2) is 20.9 Å². The number of halogens is 1. The van der Waals surface area contributed by atoms with Gasteiger partial charge in [-0.15, -0.1) is 11.3 Å². The van der Waals surface area contributed by atoms with E-state index in [4.69, 9.17) is 5.84 Å². The normalized spacial score (nSPS) is 17.4. The van der Waals surface area contributed by atoms with Gasteiger partial charge in [0, 0.05) is 10.9 Å². The van der Waals surface area contributed by atoms with Crippen LogP contribution in [0.4, 0.5) is 0 Å². The van der Waals surface area contributed by atoms with Crippen LogP contribution >= 0.6 is 27.3 Å². The molecule has 1 aromatic rings. The third-order valence-corrected chi connectivity index (χ3v) is 4.46. The van der Waals surface area contributed by atoms with E-state index in [9.17, 15) is 0 Å². The van der Waals surface area contributed by atoms with Crippen molar-refractivity contribution in [2.75, 3.05) is 0 Å². The molecule has 0 spiro atoms. The number of guanidine groups is 1. The van der Waals surface area contributed by atoms with Crippen LogP contribution in [0.25, 0.3) is 0 Å². The van der Waals surface area contributed by atoms with Crippen molar-refractivity contribution < 1.29 is 0 Å². The first-order chi connectivity index (χ1) is 8.28. The Morgan fingerprint density at radius 2 is 2.24 bits per heavy atom. The third-order valence-electron chi connectivity index (χ3n) is 2.85. The fourth-order valence-electron chi connectivity index (χ4n) is 1.99. The van der Waals surface area contributed by atoms with Gasteiger partial charge >= 0.3 is 0 Å². The summed E-state index contributed by atoms with van der Waals surface area (Å²) in [6.07, 6.45) is 5.03. The molecule has 1 saturated carbocycles. The van der Waals surface area contributed by atoms with Crippen LogP contribution in [0.5, 0.6) is 0 Å². The first-order valence-corrected chi connectivity index (χ1v) is 7.40. The van der Waals surface area contributed by atoms with Crippen molar-refractivity contribution in [3.63, 3.8) is 0 Å². The number of thiophene rings is 1. The number of hydrogen-bond donors (Lipinski definition) is 3. The summed E-state index contributed by atoms with van der Waals surface area (Å²) >= 11 is 5.14. The quantitative estimate of drug-likeness (QED) is 0.347. The Kier molecular flexibility index (Phi) is 4.82. The van der Waals surface area contributed by atoms with E-state index >= 15 is 0 Å². The highest BCUT2D eigenvalue weighted by atomic mass is 79.9. The molecule has 4 N–H and O–H groups in total. The molecule has 94 valence electrons. The monoisotopic (exact) mass is 316 g/mol. The van der Waals surface area contributed by atoms with Gasteiger partial charge < -0.3 is 5.32 Å². The maximum Gasteiger partial charge on any atom is 0.206 e. The summed E-state index contributed by atoms with van der Waals surface area (Å²) in [5.74, 6) is 6.17. The molecule has 0 unspecified atom stereocenters. The van der Waals surface area contributed by atoms with Gasteiger partial charge in [-0.05, 0) is 40.9 Å². The molecule has 0 aliphatic heterocycles. The fourth-order valence-corrected chi connectivity index (χ4v) is 3.40. The first-order valence-electron chi connectivity index (χ1n) is 5.80. The lowest BCUT2D eigenvalue weighted by atomic mass is 10.2. The predicted molar refractivity (Wildman–Crippen MR) is 75.9 cm³/mol. The summed E-state index contributed by atoms with van der Waals surface area (Å²) in [7, 11) is 0. The number of nitrogens with two attached hydrogens (primary N) is 1. The van der Waals surface area contributed by atoms with Gasteiger partial charge in [0.25, 0.3) is 0 Å². The Bertz CT molecular complexity index is 385. The minimum absolute atomic E-state index is 0.528. The van der Waals surface area contributed by atoms with Crippen LogP contribution in [0.3, 0.4) is 0 Å². The van der Waals surface area contributed by atoms with Crippen molar-refractivity contribution in [1.82, 2.24) is 10.7 Å². The van der Waals surface area contributed by atoms with E-state index in [0.717, 1.165) is 3.79 Å². The number of nitrogens with zero attached hydrogens (tertiary/aromatic N) is 1. The Morgan fingerprint density at radius 1 is 1.47 bits per heavy atom. The molecule has 1 aliphatic rings.